The molecule has 1 saturated carbocycles. The van der Waals surface area contributed by atoms with Gasteiger partial charge in [-0.15, -0.1) is 0 Å². The topological polar surface area (TPSA) is 87.5 Å². The van der Waals surface area contributed by atoms with Crippen molar-refractivity contribution in [1.29, 1.82) is 0 Å². The molecule has 132 valence electrons. The van der Waals surface area contributed by atoms with Gasteiger partial charge in [-0.2, -0.15) is 5.10 Å². The molecule has 1 heterocycles. The molecule has 2 aromatic rings. The van der Waals surface area contributed by atoms with Crippen molar-refractivity contribution in [2.45, 2.75) is 25.3 Å². The Bertz CT molecular complexity index is 759. The van der Waals surface area contributed by atoms with Crippen LogP contribution in [-0.4, -0.2) is 51.4 Å². The Morgan fingerprint density at radius 2 is 2.12 bits per heavy atom. The van der Waals surface area contributed by atoms with E-state index in [4.69, 9.17) is 5.11 Å². The number of carboxylic acids is 1. The number of carboxylic acid groups (broad SMARTS) is 1. The highest BCUT2D eigenvalue weighted by Crippen LogP contribution is 2.40. The standard InChI is InChI=1S/C18H22N4O3/c1-12(17(23)24)10-21(2)18(25)20-16-8-15(16)13-9-19-22(11-13)14-6-4-3-5-7-14/h3-7,9,11-12,15-16H,8,10H2,1-2H3,(H,20,25)(H,23,24)/t12?,15-,16+/m0/s1. The minimum absolute atomic E-state index is 0.0727. The summed E-state index contributed by atoms with van der Waals surface area (Å²) < 4.78 is 1.83. The van der Waals surface area contributed by atoms with E-state index in [9.17, 15) is 9.59 Å². The van der Waals surface area contributed by atoms with E-state index in [1.807, 2.05) is 47.4 Å². The lowest BCUT2D eigenvalue weighted by Crippen LogP contribution is -2.42. The van der Waals surface area contributed by atoms with E-state index in [0.717, 1.165) is 17.7 Å². The first-order valence-corrected chi connectivity index (χ1v) is 8.30. The third-order valence-corrected chi connectivity index (χ3v) is 4.47. The first kappa shape index (κ1) is 17.0. The second-order valence-corrected chi connectivity index (χ2v) is 6.57. The summed E-state index contributed by atoms with van der Waals surface area (Å²) in [5.74, 6) is -1.24. The van der Waals surface area contributed by atoms with Gasteiger partial charge in [0.05, 0.1) is 17.8 Å². The highest BCUT2D eigenvalue weighted by atomic mass is 16.4. The number of rotatable bonds is 6. The normalized spacial score (nSPS) is 19.9. The molecule has 0 spiro atoms. The lowest BCUT2D eigenvalue weighted by molar-refractivity contribution is -0.141. The number of aromatic nitrogens is 2. The van der Waals surface area contributed by atoms with Crippen LogP contribution in [0.5, 0.6) is 0 Å². The van der Waals surface area contributed by atoms with Crippen LogP contribution in [-0.2, 0) is 4.79 Å². The van der Waals surface area contributed by atoms with Gasteiger partial charge in [0.2, 0.25) is 0 Å². The summed E-state index contributed by atoms with van der Waals surface area (Å²) in [5, 5.41) is 16.3. The van der Waals surface area contributed by atoms with Crippen molar-refractivity contribution in [1.82, 2.24) is 20.0 Å². The average molecular weight is 342 g/mol. The molecular weight excluding hydrogens is 320 g/mol. The monoisotopic (exact) mass is 342 g/mol. The van der Waals surface area contributed by atoms with Crippen molar-refractivity contribution in [3.8, 4) is 5.69 Å². The van der Waals surface area contributed by atoms with E-state index >= 15 is 0 Å². The number of hydrogen-bond acceptors (Lipinski definition) is 3. The fraction of sp³-hybridized carbons (Fsp3) is 0.389. The van der Waals surface area contributed by atoms with E-state index in [1.165, 1.54) is 4.90 Å². The average Bonchev–Trinajstić information content (AvgIpc) is 3.18. The number of benzene rings is 1. The predicted octanol–water partition coefficient (Wildman–Crippen LogP) is 2.09. The van der Waals surface area contributed by atoms with E-state index in [2.05, 4.69) is 10.4 Å². The molecule has 1 aliphatic carbocycles. The third-order valence-electron chi connectivity index (χ3n) is 4.47. The lowest BCUT2D eigenvalue weighted by atomic mass is 10.2. The van der Waals surface area contributed by atoms with Gasteiger partial charge < -0.3 is 15.3 Å². The lowest BCUT2D eigenvalue weighted by Gasteiger charge is -2.20. The Kier molecular flexibility index (Phi) is 4.74. The summed E-state index contributed by atoms with van der Waals surface area (Å²) in [6.07, 6.45) is 4.69. The number of hydrogen-bond donors (Lipinski definition) is 2. The second-order valence-electron chi connectivity index (χ2n) is 6.57. The summed E-state index contributed by atoms with van der Waals surface area (Å²) in [4.78, 5) is 24.5. The zero-order chi connectivity index (χ0) is 18.0. The predicted molar refractivity (Wildman–Crippen MR) is 92.7 cm³/mol. The van der Waals surface area contributed by atoms with Gasteiger partial charge in [0.25, 0.3) is 0 Å². The van der Waals surface area contributed by atoms with Crippen LogP contribution < -0.4 is 5.32 Å². The molecule has 1 aromatic heterocycles. The Labute approximate surface area is 146 Å². The molecule has 3 rings (SSSR count). The van der Waals surface area contributed by atoms with Crippen LogP contribution in [0, 0.1) is 5.92 Å². The summed E-state index contributed by atoms with van der Waals surface area (Å²) in [5.41, 5.74) is 2.09. The molecule has 1 aromatic carbocycles. The molecule has 1 unspecified atom stereocenters. The molecule has 0 radical (unpaired) electrons. The molecule has 0 saturated heterocycles. The van der Waals surface area contributed by atoms with Crippen molar-refractivity contribution in [3.05, 3.63) is 48.3 Å². The molecule has 7 heteroatoms. The summed E-state index contributed by atoms with van der Waals surface area (Å²) in [6, 6.07) is 9.69. The van der Waals surface area contributed by atoms with Crippen LogP contribution in [0.25, 0.3) is 5.69 Å². The SMILES string of the molecule is CC(CN(C)C(=O)N[C@@H]1C[C@H]1c1cnn(-c2ccccc2)c1)C(=O)O. The first-order chi connectivity index (χ1) is 12.0. The Balaban J connectivity index is 1.54. The van der Waals surface area contributed by atoms with Gasteiger partial charge in [-0.05, 0) is 24.1 Å². The van der Waals surface area contributed by atoms with Crippen LogP contribution in [0.4, 0.5) is 4.79 Å². The van der Waals surface area contributed by atoms with Gasteiger partial charge in [0, 0.05) is 31.7 Å². The van der Waals surface area contributed by atoms with Crippen LogP contribution >= 0.6 is 0 Å². The molecule has 2 N–H and O–H groups in total. The maximum atomic E-state index is 12.2. The molecule has 0 bridgehead atoms. The fourth-order valence-electron chi connectivity index (χ4n) is 2.81. The molecular formula is C18H22N4O3. The molecule has 1 fully saturated rings. The fourth-order valence-corrected chi connectivity index (χ4v) is 2.81. The van der Waals surface area contributed by atoms with Crippen LogP contribution in [0.15, 0.2) is 42.7 Å². The van der Waals surface area contributed by atoms with Crippen LogP contribution in [0.3, 0.4) is 0 Å². The van der Waals surface area contributed by atoms with Crippen molar-refractivity contribution in [2.75, 3.05) is 13.6 Å². The number of carbonyl (C=O) groups excluding carboxylic acids is 1. The van der Waals surface area contributed by atoms with Gasteiger partial charge in [-0.1, -0.05) is 25.1 Å². The second kappa shape index (κ2) is 6.96. The largest absolute Gasteiger partial charge is 0.481 e. The zero-order valence-electron chi connectivity index (χ0n) is 14.3. The first-order valence-electron chi connectivity index (χ1n) is 8.30. The zero-order valence-corrected chi connectivity index (χ0v) is 14.3. The number of nitrogens with zero attached hydrogens (tertiary/aromatic N) is 3. The number of amides is 2. The maximum Gasteiger partial charge on any atom is 0.317 e. The number of nitrogens with one attached hydrogen (secondary N) is 1. The summed E-state index contributed by atoms with van der Waals surface area (Å²) in [7, 11) is 1.61. The third kappa shape index (κ3) is 3.99. The number of para-hydroxylation sites is 1. The Morgan fingerprint density at radius 1 is 1.40 bits per heavy atom. The molecule has 2 amide bonds. The number of carbonyl (C=O) groups is 2. The Morgan fingerprint density at radius 3 is 2.80 bits per heavy atom. The smallest absolute Gasteiger partial charge is 0.317 e. The molecule has 1 aliphatic rings. The number of urea groups is 1. The highest BCUT2D eigenvalue weighted by molar-refractivity contribution is 5.76. The van der Waals surface area contributed by atoms with Crippen molar-refractivity contribution >= 4 is 12.0 Å². The van der Waals surface area contributed by atoms with Crippen molar-refractivity contribution in [2.24, 2.45) is 5.92 Å². The van der Waals surface area contributed by atoms with Gasteiger partial charge in [0.1, 0.15) is 0 Å². The van der Waals surface area contributed by atoms with Gasteiger partial charge in [-0.3, -0.25) is 4.79 Å². The maximum absolute atomic E-state index is 12.2. The van der Waals surface area contributed by atoms with E-state index in [0.29, 0.717) is 0 Å². The minimum Gasteiger partial charge on any atom is -0.481 e. The summed E-state index contributed by atoms with van der Waals surface area (Å²) in [6.45, 7) is 1.77. The van der Waals surface area contributed by atoms with Crippen LogP contribution in [0.1, 0.15) is 24.8 Å². The van der Waals surface area contributed by atoms with Crippen LogP contribution in [0.2, 0.25) is 0 Å². The Hall–Kier alpha value is -2.83. The van der Waals surface area contributed by atoms with E-state index in [1.54, 1.807) is 14.0 Å². The number of aliphatic carboxylic acids is 1. The van der Waals surface area contributed by atoms with E-state index in [-0.39, 0.29) is 24.5 Å². The van der Waals surface area contributed by atoms with Gasteiger partial charge in [0.15, 0.2) is 0 Å². The molecule has 3 atom stereocenters. The molecule has 7 nitrogen and oxygen atoms in total. The highest BCUT2D eigenvalue weighted by Gasteiger charge is 2.41. The minimum atomic E-state index is -0.905. The molecule has 25 heavy (non-hydrogen) atoms. The molecule has 0 aliphatic heterocycles. The quantitative estimate of drug-likeness (QED) is 0.841. The van der Waals surface area contributed by atoms with E-state index < -0.39 is 11.9 Å². The van der Waals surface area contributed by atoms with Crippen molar-refractivity contribution in [3.63, 3.8) is 0 Å². The summed E-state index contributed by atoms with van der Waals surface area (Å²) >= 11 is 0. The van der Waals surface area contributed by atoms with Gasteiger partial charge >= 0.3 is 12.0 Å². The van der Waals surface area contributed by atoms with Gasteiger partial charge in [-0.25, -0.2) is 9.48 Å². The van der Waals surface area contributed by atoms with Crippen molar-refractivity contribution < 1.29 is 14.7 Å².